The molecule has 2 rings (SSSR count). The van der Waals surface area contributed by atoms with Crippen molar-refractivity contribution in [3.05, 3.63) is 60.1 Å². The zero-order valence-corrected chi connectivity index (χ0v) is 8.47. The van der Waals surface area contributed by atoms with Gasteiger partial charge in [-0.15, -0.1) is 0 Å². The zero-order valence-electron chi connectivity index (χ0n) is 8.47. The third kappa shape index (κ3) is 2.94. The van der Waals surface area contributed by atoms with Crippen molar-refractivity contribution in [3.8, 4) is 0 Å². The van der Waals surface area contributed by atoms with Crippen LogP contribution in [0.5, 0.6) is 0 Å². The monoisotopic (exact) mass is 202 g/mol. The van der Waals surface area contributed by atoms with Gasteiger partial charge in [-0.3, -0.25) is 5.84 Å². The Balaban J connectivity index is 1.90. The van der Waals surface area contributed by atoms with Crippen LogP contribution >= 0.6 is 0 Å². The van der Waals surface area contributed by atoms with Crippen LogP contribution in [-0.2, 0) is 13.1 Å². The molecule has 0 aliphatic rings. The first-order valence-corrected chi connectivity index (χ1v) is 4.90. The Hall–Kier alpha value is -1.58. The van der Waals surface area contributed by atoms with Crippen LogP contribution in [0.25, 0.3) is 0 Å². The highest BCUT2D eigenvalue weighted by molar-refractivity contribution is 5.14. The minimum atomic E-state index is 0.627. The van der Waals surface area contributed by atoms with Crippen molar-refractivity contribution in [1.82, 2.24) is 5.01 Å². The van der Waals surface area contributed by atoms with Gasteiger partial charge in [0.05, 0.1) is 12.8 Å². The third-order valence-corrected chi connectivity index (χ3v) is 2.17. The quantitative estimate of drug-likeness (QED) is 0.610. The fraction of sp³-hybridized carbons (Fsp3) is 0.167. The van der Waals surface area contributed by atoms with Gasteiger partial charge < -0.3 is 4.42 Å². The van der Waals surface area contributed by atoms with E-state index in [1.807, 2.05) is 30.3 Å². The molecule has 0 fully saturated rings. The van der Waals surface area contributed by atoms with Crippen molar-refractivity contribution in [2.24, 2.45) is 5.84 Å². The van der Waals surface area contributed by atoms with E-state index in [-0.39, 0.29) is 0 Å². The van der Waals surface area contributed by atoms with Gasteiger partial charge in [-0.1, -0.05) is 30.3 Å². The molecule has 0 radical (unpaired) electrons. The van der Waals surface area contributed by atoms with Crippen LogP contribution < -0.4 is 5.84 Å². The summed E-state index contributed by atoms with van der Waals surface area (Å²) in [6, 6.07) is 13.9. The lowest BCUT2D eigenvalue weighted by molar-refractivity contribution is 0.242. The lowest BCUT2D eigenvalue weighted by Crippen LogP contribution is -2.29. The van der Waals surface area contributed by atoms with Gasteiger partial charge in [0.15, 0.2) is 0 Å². The van der Waals surface area contributed by atoms with Crippen LogP contribution in [0.1, 0.15) is 11.3 Å². The molecule has 78 valence electrons. The number of hydrazine groups is 1. The van der Waals surface area contributed by atoms with E-state index < -0.39 is 0 Å². The SMILES string of the molecule is NN(Cc1ccccc1)Cc1ccco1. The zero-order chi connectivity index (χ0) is 10.5. The van der Waals surface area contributed by atoms with Gasteiger partial charge in [-0.2, -0.15) is 0 Å². The van der Waals surface area contributed by atoms with Crippen LogP contribution in [0.15, 0.2) is 53.1 Å². The predicted octanol–water partition coefficient (Wildman–Crippen LogP) is 2.16. The van der Waals surface area contributed by atoms with Crippen molar-refractivity contribution >= 4 is 0 Å². The first-order chi connectivity index (χ1) is 7.34. The van der Waals surface area contributed by atoms with Gasteiger partial charge in [-0.25, -0.2) is 5.01 Å². The van der Waals surface area contributed by atoms with E-state index in [4.69, 9.17) is 10.3 Å². The molecule has 0 saturated heterocycles. The van der Waals surface area contributed by atoms with Crippen LogP contribution in [0.2, 0.25) is 0 Å². The maximum absolute atomic E-state index is 5.87. The minimum Gasteiger partial charge on any atom is -0.468 e. The molecule has 0 saturated carbocycles. The summed E-state index contributed by atoms with van der Waals surface area (Å²) in [7, 11) is 0. The molecule has 2 N–H and O–H groups in total. The second-order valence-electron chi connectivity index (χ2n) is 3.47. The molecular weight excluding hydrogens is 188 g/mol. The van der Waals surface area contributed by atoms with Crippen molar-refractivity contribution in [3.63, 3.8) is 0 Å². The Morgan fingerprint density at radius 1 is 1.00 bits per heavy atom. The molecule has 2 aromatic rings. The van der Waals surface area contributed by atoms with E-state index in [0.717, 1.165) is 12.3 Å². The van der Waals surface area contributed by atoms with Crippen LogP contribution in [0, 0.1) is 0 Å². The number of nitrogens with two attached hydrogens (primary N) is 1. The average molecular weight is 202 g/mol. The summed E-state index contributed by atoms with van der Waals surface area (Å²) in [6.45, 7) is 1.35. The summed E-state index contributed by atoms with van der Waals surface area (Å²) >= 11 is 0. The standard InChI is InChI=1S/C12H14N2O/c13-14(10-12-7-4-8-15-12)9-11-5-2-1-3-6-11/h1-8H,9-10,13H2. The van der Waals surface area contributed by atoms with Gasteiger partial charge in [0.2, 0.25) is 0 Å². The first-order valence-electron chi connectivity index (χ1n) is 4.90. The molecule has 1 aromatic carbocycles. The molecule has 15 heavy (non-hydrogen) atoms. The lowest BCUT2D eigenvalue weighted by Gasteiger charge is -2.14. The maximum atomic E-state index is 5.87. The Morgan fingerprint density at radius 2 is 1.80 bits per heavy atom. The summed E-state index contributed by atoms with van der Waals surface area (Å²) in [5.41, 5.74) is 1.20. The molecule has 0 spiro atoms. The molecule has 0 amide bonds. The van der Waals surface area contributed by atoms with Gasteiger partial charge in [0, 0.05) is 6.54 Å². The van der Waals surface area contributed by atoms with E-state index in [1.54, 1.807) is 11.3 Å². The number of rotatable bonds is 4. The average Bonchev–Trinajstić information content (AvgIpc) is 2.71. The molecule has 1 aromatic heterocycles. The van der Waals surface area contributed by atoms with Gasteiger partial charge in [0.25, 0.3) is 0 Å². The lowest BCUT2D eigenvalue weighted by atomic mass is 10.2. The van der Waals surface area contributed by atoms with Crippen molar-refractivity contribution in [2.75, 3.05) is 0 Å². The molecule has 0 atom stereocenters. The number of nitrogens with zero attached hydrogens (tertiary/aromatic N) is 1. The highest BCUT2D eigenvalue weighted by Gasteiger charge is 2.03. The molecule has 0 unspecified atom stereocenters. The Bertz CT molecular complexity index is 383. The number of hydrogen-bond acceptors (Lipinski definition) is 3. The summed E-state index contributed by atoms with van der Waals surface area (Å²) in [4.78, 5) is 0. The molecule has 3 nitrogen and oxygen atoms in total. The van der Waals surface area contributed by atoms with Gasteiger partial charge in [-0.05, 0) is 17.7 Å². The molecule has 0 bridgehead atoms. The van der Waals surface area contributed by atoms with Crippen molar-refractivity contribution in [1.29, 1.82) is 0 Å². The fourth-order valence-electron chi connectivity index (χ4n) is 1.48. The predicted molar refractivity (Wildman–Crippen MR) is 58.6 cm³/mol. The highest BCUT2D eigenvalue weighted by Crippen LogP contribution is 2.06. The van der Waals surface area contributed by atoms with Crippen molar-refractivity contribution in [2.45, 2.75) is 13.1 Å². The topological polar surface area (TPSA) is 42.4 Å². The van der Waals surface area contributed by atoms with Crippen molar-refractivity contribution < 1.29 is 4.42 Å². The number of benzene rings is 1. The van der Waals surface area contributed by atoms with Crippen LogP contribution in [-0.4, -0.2) is 5.01 Å². The smallest absolute Gasteiger partial charge is 0.119 e. The summed E-state index contributed by atoms with van der Waals surface area (Å²) in [5.74, 6) is 6.75. The van der Waals surface area contributed by atoms with E-state index in [9.17, 15) is 0 Å². The highest BCUT2D eigenvalue weighted by atomic mass is 16.3. The number of furan rings is 1. The van der Waals surface area contributed by atoms with Gasteiger partial charge >= 0.3 is 0 Å². The van der Waals surface area contributed by atoms with Gasteiger partial charge in [0.1, 0.15) is 5.76 Å². The normalized spacial score (nSPS) is 10.8. The molecular formula is C12H14N2O. The summed E-state index contributed by atoms with van der Waals surface area (Å²) in [5, 5.41) is 1.73. The molecule has 0 aliphatic carbocycles. The van der Waals surface area contributed by atoms with E-state index in [0.29, 0.717) is 6.54 Å². The van der Waals surface area contributed by atoms with Crippen LogP contribution in [0.3, 0.4) is 0 Å². The van der Waals surface area contributed by atoms with E-state index in [1.165, 1.54) is 5.56 Å². The Labute approximate surface area is 89.1 Å². The summed E-state index contributed by atoms with van der Waals surface area (Å²) in [6.07, 6.45) is 1.66. The second-order valence-corrected chi connectivity index (χ2v) is 3.47. The minimum absolute atomic E-state index is 0.627. The first kappa shape index (κ1) is 9.96. The Morgan fingerprint density at radius 3 is 2.47 bits per heavy atom. The third-order valence-electron chi connectivity index (χ3n) is 2.17. The van der Waals surface area contributed by atoms with Crippen LogP contribution in [0.4, 0.5) is 0 Å². The second kappa shape index (κ2) is 4.77. The van der Waals surface area contributed by atoms with E-state index in [2.05, 4.69) is 12.1 Å². The van der Waals surface area contributed by atoms with E-state index >= 15 is 0 Å². The largest absolute Gasteiger partial charge is 0.468 e. The number of hydrogen-bond donors (Lipinski definition) is 1. The fourth-order valence-corrected chi connectivity index (χ4v) is 1.48. The molecule has 0 aliphatic heterocycles. The molecule has 1 heterocycles. The molecule has 3 heteroatoms. The summed E-state index contributed by atoms with van der Waals surface area (Å²) < 4.78 is 5.22. The maximum Gasteiger partial charge on any atom is 0.119 e. The Kier molecular flexibility index (Phi) is 3.17.